The second-order valence-corrected chi connectivity index (χ2v) is 9.33. The van der Waals surface area contributed by atoms with Gasteiger partial charge in [0.25, 0.3) is 10.0 Å². The molecule has 156 valence electrons. The van der Waals surface area contributed by atoms with Gasteiger partial charge in [-0.1, -0.05) is 44.0 Å². The third-order valence-corrected chi connectivity index (χ3v) is 7.03. The van der Waals surface area contributed by atoms with Crippen molar-refractivity contribution in [3.8, 4) is 5.75 Å². The molecule has 0 aromatic heterocycles. The number of rotatable bonds is 4. The second-order valence-electron chi connectivity index (χ2n) is 7.75. The number of anilines is 1. The predicted molar refractivity (Wildman–Crippen MR) is 114 cm³/mol. The highest BCUT2D eigenvalue weighted by atomic mass is 32.2. The second kappa shape index (κ2) is 6.98. The number of hydrogen-bond donors (Lipinski definition) is 3. The van der Waals surface area contributed by atoms with Crippen LogP contribution in [-0.4, -0.2) is 30.2 Å². The molecule has 1 atom stereocenters. The zero-order chi connectivity index (χ0) is 21.7. The molecule has 1 unspecified atom stereocenters. The van der Waals surface area contributed by atoms with E-state index in [0.29, 0.717) is 17.5 Å². The molecule has 4 rings (SSSR count). The van der Waals surface area contributed by atoms with E-state index in [-0.39, 0.29) is 39.3 Å². The first-order chi connectivity index (χ1) is 14.2. The summed E-state index contributed by atoms with van der Waals surface area (Å²) in [6.45, 7) is 3.85. The summed E-state index contributed by atoms with van der Waals surface area (Å²) in [5.74, 6) is -1.10. The highest BCUT2D eigenvalue weighted by Crippen LogP contribution is 2.44. The summed E-state index contributed by atoms with van der Waals surface area (Å²) >= 11 is 0. The lowest BCUT2D eigenvalue weighted by molar-refractivity contribution is -0.120. The Kier molecular flexibility index (Phi) is 4.69. The van der Waals surface area contributed by atoms with Crippen LogP contribution >= 0.6 is 0 Å². The highest BCUT2D eigenvalue weighted by Gasteiger charge is 2.46. The lowest BCUT2D eigenvalue weighted by Crippen LogP contribution is -2.42. The maximum atomic E-state index is 13.6. The standard InChI is InChI=1S/C22H22N2O5S/c1-3-4-11-22(2)15-8-6-5-7-14(15)19(26)18(20(22)27)21-23-16-10-9-13(25)12-17(16)30(28,29)24-21/h5-10,12,25-26H,3-4,11H2,1-2H3,(H,23,24). The number of unbranched alkanes of at least 4 members (excludes halogenated alkanes) is 1. The molecule has 0 radical (unpaired) electrons. The third kappa shape index (κ3) is 2.99. The van der Waals surface area contributed by atoms with Crippen LogP contribution in [0.5, 0.6) is 5.75 Å². The number of aromatic hydroxyl groups is 1. The summed E-state index contributed by atoms with van der Waals surface area (Å²) in [7, 11) is -4.17. The van der Waals surface area contributed by atoms with Gasteiger partial charge >= 0.3 is 0 Å². The van der Waals surface area contributed by atoms with E-state index < -0.39 is 15.4 Å². The molecule has 2 aliphatic rings. The number of carbonyl (C=O) groups is 1. The van der Waals surface area contributed by atoms with E-state index in [9.17, 15) is 23.4 Å². The number of amidine groups is 1. The van der Waals surface area contributed by atoms with Crippen molar-refractivity contribution in [1.29, 1.82) is 0 Å². The molecule has 1 aliphatic heterocycles. The van der Waals surface area contributed by atoms with Gasteiger partial charge in [-0.05, 0) is 31.0 Å². The molecule has 0 saturated carbocycles. The number of carbonyl (C=O) groups excluding carboxylic acids is 1. The SMILES string of the molecule is CCCCC1(C)C(=O)C(C2=NS(=O)(=O)c3cc(O)ccc3N2)=C(O)c2ccccc21. The molecule has 0 amide bonds. The van der Waals surface area contributed by atoms with Crippen molar-refractivity contribution in [2.45, 2.75) is 43.4 Å². The smallest absolute Gasteiger partial charge is 0.286 e. The molecule has 8 heteroatoms. The van der Waals surface area contributed by atoms with Crippen LogP contribution in [0.15, 0.2) is 57.3 Å². The van der Waals surface area contributed by atoms with Gasteiger partial charge < -0.3 is 15.5 Å². The largest absolute Gasteiger partial charge is 0.508 e. The molecule has 3 N–H and O–H groups in total. The van der Waals surface area contributed by atoms with E-state index in [1.165, 1.54) is 12.1 Å². The predicted octanol–water partition coefficient (Wildman–Crippen LogP) is 3.90. The highest BCUT2D eigenvalue weighted by molar-refractivity contribution is 7.90. The molecule has 0 saturated heterocycles. The van der Waals surface area contributed by atoms with Crippen molar-refractivity contribution < 1.29 is 23.4 Å². The van der Waals surface area contributed by atoms with Gasteiger partial charge in [0.05, 0.1) is 11.1 Å². The normalized spacial score (nSPS) is 22.1. The summed E-state index contributed by atoms with van der Waals surface area (Å²) in [5, 5.41) is 23.5. The number of phenolic OH excluding ortho intramolecular Hbond substituents is 1. The molecule has 7 nitrogen and oxygen atoms in total. The average Bonchev–Trinajstić information content (AvgIpc) is 2.71. The van der Waals surface area contributed by atoms with Crippen molar-refractivity contribution in [3.05, 3.63) is 59.2 Å². The van der Waals surface area contributed by atoms with E-state index in [2.05, 4.69) is 9.71 Å². The molecule has 2 aromatic carbocycles. The van der Waals surface area contributed by atoms with Crippen LogP contribution in [0, 0.1) is 0 Å². The van der Waals surface area contributed by atoms with Crippen molar-refractivity contribution in [2.75, 3.05) is 5.32 Å². The Bertz CT molecular complexity index is 1230. The van der Waals surface area contributed by atoms with Gasteiger partial charge in [0.2, 0.25) is 0 Å². The minimum Gasteiger partial charge on any atom is -0.508 e. The van der Waals surface area contributed by atoms with Gasteiger partial charge in [0, 0.05) is 11.6 Å². The first kappa shape index (κ1) is 20.2. The third-order valence-electron chi connectivity index (χ3n) is 5.72. The van der Waals surface area contributed by atoms with Crippen LogP contribution in [0.3, 0.4) is 0 Å². The Hall–Kier alpha value is -3.13. The quantitative estimate of drug-likeness (QED) is 0.639. The lowest BCUT2D eigenvalue weighted by atomic mass is 9.67. The van der Waals surface area contributed by atoms with Crippen molar-refractivity contribution in [2.24, 2.45) is 4.40 Å². The first-order valence-electron chi connectivity index (χ1n) is 9.72. The molecule has 0 bridgehead atoms. The lowest BCUT2D eigenvalue weighted by Gasteiger charge is -2.36. The maximum Gasteiger partial charge on any atom is 0.286 e. The number of fused-ring (bicyclic) bond motifs is 2. The summed E-state index contributed by atoms with van der Waals surface area (Å²) in [6, 6.07) is 10.9. The zero-order valence-corrected chi connectivity index (χ0v) is 17.5. The number of hydrogen-bond acceptors (Lipinski definition) is 6. The maximum absolute atomic E-state index is 13.6. The van der Waals surface area contributed by atoms with Gasteiger partial charge in [0.1, 0.15) is 22.0 Å². The van der Waals surface area contributed by atoms with Crippen LogP contribution < -0.4 is 5.32 Å². The van der Waals surface area contributed by atoms with Gasteiger partial charge in [-0.15, -0.1) is 4.40 Å². The van der Waals surface area contributed by atoms with E-state index >= 15 is 0 Å². The first-order valence-corrected chi connectivity index (χ1v) is 11.2. The molecular weight excluding hydrogens is 404 g/mol. The van der Waals surface area contributed by atoms with E-state index in [4.69, 9.17) is 0 Å². The Morgan fingerprint density at radius 3 is 2.60 bits per heavy atom. The van der Waals surface area contributed by atoms with Gasteiger partial charge in [-0.2, -0.15) is 8.42 Å². The zero-order valence-electron chi connectivity index (χ0n) is 16.6. The number of aliphatic hydroxyl groups is 1. The van der Waals surface area contributed by atoms with Crippen LogP contribution in [0.2, 0.25) is 0 Å². The van der Waals surface area contributed by atoms with Gasteiger partial charge in [-0.25, -0.2) is 0 Å². The Morgan fingerprint density at radius 1 is 1.13 bits per heavy atom. The Labute approximate surface area is 174 Å². The number of sulfonamides is 1. The molecule has 30 heavy (non-hydrogen) atoms. The van der Waals surface area contributed by atoms with Gasteiger partial charge in [0.15, 0.2) is 11.6 Å². The molecule has 2 aromatic rings. The number of phenols is 1. The molecule has 1 aliphatic carbocycles. The average molecular weight is 426 g/mol. The van der Waals surface area contributed by atoms with E-state index in [1.54, 1.807) is 12.1 Å². The summed E-state index contributed by atoms with van der Waals surface area (Å²) in [5.41, 5.74) is 0.324. The van der Waals surface area contributed by atoms with E-state index in [0.717, 1.165) is 18.9 Å². The Morgan fingerprint density at radius 2 is 1.87 bits per heavy atom. The van der Waals surface area contributed by atoms with Crippen LogP contribution in [-0.2, 0) is 20.2 Å². The molecular formula is C22H22N2O5S. The summed E-state index contributed by atoms with van der Waals surface area (Å²) in [4.78, 5) is 13.4. The minimum atomic E-state index is -4.17. The number of benzene rings is 2. The topological polar surface area (TPSA) is 116 Å². The van der Waals surface area contributed by atoms with Crippen LogP contribution in [0.4, 0.5) is 5.69 Å². The molecule has 1 heterocycles. The fourth-order valence-electron chi connectivity index (χ4n) is 4.06. The molecule has 0 fully saturated rings. The number of aliphatic hydroxyl groups excluding tert-OH is 1. The summed E-state index contributed by atoms with van der Waals surface area (Å²) < 4.78 is 29.2. The van der Waals surface area contributed by atoms with Gasteiger partial charge in [-0.3, -0.25) is 4.79 Å². The van der Waals surface area contributed by atoms with Crippen molar-refractivity contribution in [3.63, 3.8) is 0 Å². The van der Waals surface area contributed by atoms with Crippen molar-refractivity contribution in [1.82, 2.24) is 0 Å². The fourth-order valence-corrected chi connectivity index (χ4v) is 5.21. The van der Waals surface area contributed by atoms with Crippen LogP contribution in [0.25, 0.3) is 5.76 Å². The number of nitrogens with zero attached hydrogens (tertiary/aromatic N) is 1. The van der Waals surface area contributed by atoms with Crippen LogP contribution in [0.1, 0.15) is 44.2 Å². The monoisotopic (exact) mass is 426 g/mol. The Balaban J connectivity index is 1.92. The number of nitrogens with one attached hydrogen (secondary N) is 1. The van der Waals surface area contributed by atoms with Crippen molar-refractivity contribution >= 4 is 33.1 Å². The summed E-state index contributed by atoms with van der Waals surface area (Å²) in [6.07, 6.45) is 2.24. The number of Topliss-reactive ketones (excluding diaryl/α,β-unsaturated/α-hetero) is 1. The molecule has 0 spiro atoms. The minimum absolute atomic E-state index is 0.144. The van der Waals surface area contributed by atoms with E-state index in [1.807, 2.05) is 26.0 Å². The number of ketones is 1. The fraction of sp³-hybridized carbons (Fsp3) is 0.273.